The summed E-state index contributed by atoms with van der Waals surface area (Å²) in [5.74, 6) is -0.0217. The number of ether oxygens (including phenoxy) is 1. The Morgan fingerprint density at radius 3 is 1.52 bits per heavy atom. The minimum Gasteiger partial charge on any atom is -1.00 e. The first-order chi connectivity index (χ1) is 11.5. The third-order valence-corrected chi connectivity index (χ3v) is 4.51. The molecule has 0 fully saturated rings. The van der Waals surface area contributed by atoms with Gasteiger partial charge in [0.05, 0.1) is 21.1 Å². The third kappa shape index (κ3) is 24.2. The highest BCUT2D eigenvalue weighted by molar-refractivity contribution is 5.69. The van der Waals surface area contributed by atoms with Crippen molar-refractivity contribution in [2.75, 3.05) is 34.3 Å². The van der Waals surface area contributed by atoms with Crippen molar-refractivity contribution in [2.45, 2.75) is 96.8 Å². The van der Waals surface area contributed by atoms with E-state index in [1.54, 1.807) is 0 Å². The summed E-state index contributed by atoms with van der Waals surface area (Å²) in [4.78, 5) is 11.6. The van der Waals surface area contributed by atoms with Crippen LogP contribution in [0.3, 0.4) is 0 Å². The molecule has 0 aliphatic heterocycles. The molecule has 0 heterocycles. The summed E-state index contributed by atoms with van der Waals surface area (Å²) in [6, 6.07) is 0. The number of rotatable bonds is 17. The number of halogens is 1. The Kier molecular flexibility index (Phi) is 20.7. The van der Waals surface area contributed by atoms with E-state index in [9.17, 15) is 4.79 Å². The lowest BCUT2D eigenvalue weighted by Crippen LogP contribution is -3.00. The van der Waals surface area contributed by atoms with Gasteiger partial charge in [-0.3, -0.25) is 4.79 Å². The summed E-state index contributed by atoms with van der Waals surface area (Å²) >= 11 is 0. The highest BCUT2D eigenvalue weighted by atomic mass is 127. The van der Waals surface area contributed by atoms with Crippen LogP contribution >= 0.6 is 0 Å². The molecule has 25 heavy (non-hydrogen) atoms. The number of hydrogen-bond donors (Lipinski definition) is 0. The lowest BCUT2D eigenvalue weighted by molar-refractivity contribution is -0.870. The van der Waals surface area contributed by atoms with E-state index in [0.29, 0.717) is 13.0 Å². The van der Waals surface area contributed by atoms with Crippen molar-refractivity contribution in [3.63, 3.8) is 0 Å². The van der Waals surface area contributed by atoms with E-state index in [1.807, 2.05) is 0 Å². The monoisotopic (exact) mass is 469 g/mol. The van der Waals surface area contributed by atoms with Gasteiger partial charge in [-0.15, -0.1) is 0 Å². The number of nitrogens with zero attached hydrogens (tertiary/aromatic N) is 1. The molecule has 0 aromatic carbocycles. The first-order valence-electron chi connectivity index (χ1n) is 10.4. The fourth-order valence-electron chi connectivity index (χ4n) is 2.79. The van der Waals surface area contributed by atoms with E-state index in [2.05, 4.69) is 28.1 Å². The predicted molar refractivity (Wildman–Crippen MR) is 104 cm³/mol. The van der Waals surface area contributed by atoms with Crippen LogP contribution in [-0.2, 0) is 9.53 Å². The molecule has 0 rings (SSSR count). The summed E-state index contributed by atoms with van der Waals surface area (Å²) in [5, 5.41) is 0. The SMILES string of the molecule is CCCCCCCCCCCCCCCC(=O)OCC[N+](C)(C)C.[I-]. The molecular weight excluding hydrogens is 425 g/mol. The van der Waals surface area contributed by atoms with Crippen molar-refractivity contribution >= 4 is 5.97 Å². The van der Waals surface area contributed by atoms with Crippen molar-refractivity contribution in [3.05, 3.63) is 0 Å². The van der Waals surface area contributed by atoms with Gasteiger partial charge in [0, 0.05) is 6.42 Å². The van der Waals surface area contributed by atoms with Gasteiger partial charge in [-0.2, -0.15) is 0 Å². The Labute approximate surface area is 174 Å². The van der Waals surface area contributed by atoms with Gasteiger partial charge in [0.15, 0.2) is 0 Å². The molecule has 0 unspecified atom stereocenters. The summed E-state index contributed by atoms with van der Waals surface area (Å²) in [7, 11) is 6.33. The average molecular weight is 469 g/mol. The number of hydrogen-bond acceptors (Lipinski definition) is 2. The van der Waals surface area contributed by atoms with Gasteiger partial charge in [-0.1, -0.05) is 84.0 Å². The van der Waals surface area contributed by atoms with Crippen LogP contribution in [0.5, 0.6) is 0 Å². The minimum atomic E-state index is -0.0217. The summed E-state index contributed by atoms with van der Waals surface area (Å²) in [5.41, 5.74) is 0. The molecule has 0 aliphatic carbocycles. The number of carbonyl (C=O) groups excluding carboxylic acids is 1. The van der Waals surface area contributed by atoms with E-state index >= 15 is 0 Å². The molecule has 0 spiro atoms. The first kappa shape index (κ1) is 27.4. The summed E-state index contributed by atoms with van der Waals surface area (Å²) < 4.78 is 6.11. The molecule has 0 atom stereocenters. The second-order valence-corrected chi connectivity index (χ2v) is 8.23. The van der Waals surface area contributed by atoms with Gasteiger partial charge >= 0.3 is 5.97 Å². The zero-order valence-electron chi connectivity index (χ0n) is 17.5. The number of carbonyl (C=O) groups is 1. The first-order valence-corrected chi connectivity index (χ1v) is 10.4. The van der Waals surface area contributed by atoms with Crippen LogP contribution in [0, 0.1) is 0 Å². The smallest absolute Gasteiger partial charge is 0.305 e. The lowest BCUT2D eigenvalue weighted by Gasteiger charge is -2.23. The molecule has 0 bridgehead atoms. The molecule has 0 aromatic rings. The normalized spacial score (nSPS) is 11.2. The number of quaternary nitrogens is 1. The van der Waals surface area contributed by atoms with Gasteiger partial charge in [-0.05, 0) is 6.42 Å². The molecule has 0 N–H and O–H groups in total. The summed E-state index contributed by atoms with van der Waals surface area (Å²) in [6.07, 6.45) is 17.9. The molecule has 0 radical (unpaired) electrons. The minimum absolute atomic E-state index is 0. The van der Waals surface area contributed by atoms with Crippen molar-refractivity contribution in [2.24, 2.45) is 0 Å². The number of unbranched alkanes of at least 4 members (excludes halogenated alkanes) is 12. The van der Waals surface area contributed by atoms with Crippen LogP contribution in [0.1, 0.15) is 96.8 Å². The van der Waals surface area contributed by atoms with Crippen LogP contribution in [0.25, 0.3) is 0 Å². The van der Waals surface area contributed by atoms with E-state index in [4.69, 9.17) is 4.74 Å². The molecular formula is C21H44INO2. The molecule has 3 nitrogen and oxygen atoms in total. The van der Waals surface area contributed by atoms with Crippen LogP contribution in [0.2, 0.25) is 0 Å². The maximum atomic E-state index is 11.6. The van der Waals surface area contributed by atoms with E-state index in [-0.39, 0.29) is 29.9 Å². The molecule has 152 valence electrons. The van der Waals surface area contributed by atoms with Crippen molar-refractivity contribution in [1.29, 1.82) is 0 Å². The second kappa shape index (κ2) is 18.9. The lowest BCUT2D eigenvalue weighted by atomic mass is 10.0. The summed E-state index contributed by atoms with van der Waals surface area (Å²) in [6.45, 7) is 3.69. The largest absolute Gasteiger partial charge is 1.00 e. The standard InChI is InChI=1S/C21H44NO2.HI/c1-5-6-7-8-9-10-11-12-13-14-15-16-17-18-21(23)24-20-19-22(2,3)4;/h5-20H2,1-4H3;1H/q+1;/p-1. The fraction of sp³-hybridized carbons (Fsp3) is 0.952. The van der Waals surface area contributed by atoms with Crippen LogP contribution in [-0.4, -0.2) is 44.7 Å². The highest BCUT2D eigenvalue weighted by Gasteiger charge is 2.09. The second-order valence-electron chi connectivity index (χ2n) is 8.23. The average Bonchev–Trinajstić information content (AvgIpc) is 2.50. The maximum Gasteiger partial charge on any atom is 0.305 e. The van der Waals surface area contributed by atoms with Crippen LogP contribution in [0.15, 0.2) is 0 Å². The van der Waals surface area contributed by atoms with Crippen LogP contribution in [0.4, 0.5) is 0 Å². The molecule has 0 aromatic heterocycles. The Balaban J connectivity index is 0. The molecule has 4 heteroatoms. The van der Waals surface area contributed by atoms with E-state index in [1.165, 1.54) is 77.0 Å². The van der Waals surface area contributed by atoms with Crippen molar-refractivity contribution < 1.29 is 38.0 Å². The molecule has 0 amide bonds. The Hall–Kier alpha value is 0.160. The Morgan fingerprint density at radius 2 is 1.12 bits per heavy atom. The Morgan fingerprint density at radius 1 is 0.720 bits per heavy atom. The zero-order valence-corrected chi connectivity index (χ0v) is 19.6. The quantitative estimate of drug-likeness (QED) is 0.142. The van der Waals surface area contributed by atoms with E-state index in [0.717, 1.165) is 17.4 Å². The zero-order chi connectivity index (χ0) is 18.1. The topological polar surface area (TPSA) is 26.3 Å². The van der Waals surface area contributed by atoms with Gasteiger partial charge in [0.1, 0.15) is 13.2 Å². The van der Waals surface area contributed by atoms with Crippen LogP contribution < -0.4 is 24.0 Å². The maximum absolute atomic E-state index is 11.6. The van der Waals surface area contributed by atoms with Gasteiger partial charge in [0.25, 0.3) is 0 Å². The molecule has 0 aliphatic rings. The van der Waals surface area contributed by atoms with E-state index < -0.39 is 0 Å². The van der Waals surface area contributed by atoms with Gasteiger partial charge < -0.3 is 33.2 Å². The highest BCUT2D eigenvalue weighted by Crippen LogP contribution is 2.13. The fourth-order valence-corrected chi connectivity index (χ4v) is 2.79. The Bertz CT molecular complexity index is 290. The molecule has 0 saturated carbocycles. The van der Waals surface area contributed by atoms with Crippen molar-refractivity contribution in [3.8, 4) is 0 Å². The van der Waals surface area contributed by atoms with Gasteiger partial charge in [0.2, 0.25) is 0 Å². The third-order valence-electron chi connectivity index (χ3n) is 4.51. The van der Waals surface area contributed by atoms with Crippen molar-refractivity contribution in [1.82, 2.24) is 0 Å². The predicted octanol–water partition coefficient (Wildman–Crippen LogP) is 2.72. The molecule has 0 saturated heterocycles. The number of esters is 1. The number of likely N-dealkylation sites (N-methyl/N-ethyl adjacent to an activating group) is 1. The van der Waals surface area contributed by atoms with Gasteiger partial charge in [-0.25, -0.2) is 0 Å².